The third-order valence-corrected chi connectivity index (χ3v) is 12.3. The summed E-state index contributed by atoms with van der Waals surface area (Å²) in [5.74, 6) is 3.50. The molecular formula is C51H35BN2O2. The minimum Gasteiger partial charge on any atom is -0.458 e. The van der Waals surface area contributed by atoms with Gasteiger partial charge < -0.3 is 18.9 Å². The monoisotopic (exact) mass is 718 g/mol. The lowest BCUT2D eigenvalue weighted by molar-refractivity contribution is 0.464. The third kappa shape index (κ3) is 4.37. The molecule has 5 heteroatoms. The van der Waals surface area contributed by atoms with Crippen molar-refractivity contribution in [1.29, 1.82) is 0 Å². The van der Waals surface area contributed by atoms with Crippen LogP contribution in [0.25, 0.3) is 38.6 Å². The molecule has 1 aromatic heterocycles. The van der Waals surface area contributed by atoms with Crippen molar-refractivity contribution in [2.75, 3.05) is 4.90 Å². The Morgan fingerprint density at radius 1 is 0.446 bits per heavy atom. The predicted molar refractivity (Wildman–Crippen MR) is 231 cm³/mol. The average molecular weight is 719 g/mol. The van der Waals surface area contributed by atoms with E-state index in [1.165, 1.54) is 44.3 Å². The van der Waals surface area contributed by atoms with Crippen LogP contribution >= 0.6 is 0 Å². The highest BCUT2D eigenvalue weighted by molar-refractivity contribution is 6.98. The molecule has 0 saturated heterocycles. The Morgan fingerprint density at radius 3 is 2.02 bits per heavy atom. The first-order valence-corrected chi connectivity index (χ1v) is 19.4. The normalized spacial score (nSPS) is 14.2. The van der Waals surface area contributed by atoms with Crippen molar-refractivity contribution in [1.82, 2.24) is 4.57 Å². The molecule has 0 aliphatic carbocycles. The second-order valence-electron chi connectivity index (χ2n) is 15.7. The average Bonchev–Trinajstić information content (AvgIpc) is 3.57. The van der Waals surface area contributed by atoms with Crippen molar-refractivity contribution < 1.29 is 9.47 Å². The molecule has 3 aliphatic heterocycles. The Hall–Kier alpha value is -6.98. The van der Waals surface area contributed by atoms with Crippen molar-refractivity contribution in [2.24, 2.45) is 0 Å². The van der Waals surface area contributed by atoms with E-state index < -0.39 is 0 Å². The maximum absolute atomic E-state index is 6.67. The first-order valence-electron chi connectivity index (χ1n) is 19.4. The van der Waals surface area contributed by atoms with Crippen LogP contribution < -0.4 is 30.8 Å². The minimum atomic E-state index is -0.197. The maximum atomic E-state index is 6.67. The van der Waals surface area contributed by atoms with Crippen LogP contribution in [0.3, 0.4) is 0 Å². The molecule has 8 aromatic carbocycles. The van der Waals surface area contributed by atoms with Gasteiger partial charge >= 0.3 is 0 Å². The van der Waals surface area contributed by atoms with Crippen LogP contribution in [0.2, 0.25) is 0 Å². The quantitative estimate of drug-likeness (QED) is 0.170. The fourth-order valence-corrected chi connectivity index (χ4v) is 9.67. The summed E-state index contributed by atoms with van der Waals surface area (Å²) in [6.45, 7) is 4.77. The van der Waals surface area contributed by atoms with Gasteiger partial charge in [0.1, 0.15) is 23.0 Å². The van der Waals surface area contributed by atoms with Crippen molar-refractivity contribution >= 4 is 62.0 Å². The maximum Gasteiger partial charge on any atom is 0.260 e. The molecule has 3 aliphatic rings. The lowest BCUT2D eigenvalue weighted by atomic mass is 9.35. The lowest BCUT2D eigenvalue weighted by Crippen LogP contribution is -2.57. The van der Waals surface area contributed by atoms with E-state index in [1.54, 1.807) is 0 Å². The smallest absolute Gasteiger partial charge is 0.260 e. The molecule has 0 N–H and O–H groups in total. The summed E-state index contributed by atoms with van der Waals surface area (Å²) in [7, 11) is 0. The molecule has 56 heavy (non-hydrogen) atoms. The molecule has 0 unspecified atom stereocenters. The van der Waals surface area contributed by atoms with Gasteiger partial charge in [-0.2, -0.15) is 0 Å². The van der Waals surface area contributed by atoms with Crippen molar-refractivity contribution in [2.45, 2.75) is 19.3 Å². The fourth-order valence-electron chi connectivity index (χ4n) is 9.67. The number of anilines is 3. The van der Waals surface area contributed by atoms with Crippen molar-refractivity contribution in [3.63, 3.8) is 0 Å². The third-order valence-electron chi connectivity index (χ3n) is 12.3. The first kappa shape index (κ1) is 31.4. The van der Waals surface area contributed by atoms with Gasteiger partial charge in [-0.15, -0.1) is 0 Å². The molecule has 0 spiro atoms. The first-order chi connectivity index (χ1) is 27.5. The number of benzene rings is 8. The molecule has 0 bridgehead atoms. The standard InChI is InChI=1S/C51H35BN2O2/c1-51(2)38-19-7-10-22-43(38)53(34-15-4-3-5-16-34)45-31-44-37(30-39(45)51)36-18-6-9-21-42(36)54(44)35-17-12-14-32(28-35)33-26-27-41-49(29-33)56-48-25-13-24-47-50(48)52(41)40-20-8-11-23-46(40)55-47/h3-31H,1-2H3. The van der Waals surface area contributed by atoms with Crippen LogP contribution in [0.4, 0.5) is 17.1 Å². The van der Waals surface area contributed by atoms with Crippen molar-refractivity contribution in [3.05, 3.63) is 187 Å². The Kier molecular flexibility index (Phi) is 6.45. The number of hydrogen-bond donors (Lipinski definition) is 0. The molecule has 4 nitrogen and oxygen atoms in total. The second kappa shape index (κ2) is 11.5. The topological polar surface area (TPSA) is 26.6 Å². The van der Waals surface area contributed by atoms with E-state index >= 15 is 0 Å². The predicted octanol–water partition coefficient (Wildman–Crippen LogP) is 11.3. The lowest BCUT2D eigenvalue weighted by Gasteiger charge is -2.42. The summed E-state index contributed by atoms with van der Waals surface area (Å²) in [6, 6.07) is 63.4. The van der Waals surface area contributed by atoms with Crippen LogP contribution in [-0.2, 0) is 5.41 Å². The van der Waals surface area contributed by atoms with Crippen LogP contribution in [0.15, 0.2) is 176 Å². The SMILES string of the molecule is CC1(C)c2ccccc2N(c2ccccc2)c2cc3c(cc21)c1ccccc1n3-c1cccc(-c2ccc3c(c2)Oc2cccc4c2B3c2ccccc2O4)c1. The Bertz CT molecular complexity index is 3090. The summed E-state index contributed by atoms with van der Waals surface area (Å²) in [5.41, 5.74) is 15.2. The number of nitrogens with zero attached hydrogens (tertiary/aromatic N) is 2. The summed E-state index contributed by atoms with van der Waals surface area (Å²) in [5, 5.41) is 2.50. The van der Waals surface area contributed by atoms with Crippen LogP contribution in [-0.4, -0.2) is 11.3 Å². The highest BCUT2D eigenvalue weighted by Gasteiger charge is 2.40. The van der Waals surface area contributed by atoms with Crippen LogP contribution in [0.1, 0.15) is 25.0 Å². The molecule has 0 fully saturated rings. The van der Waals surface area contributed by atoms with Gasteiger partial charge in [0.05, 0.1) is 22.4 Å². The molecule has 0 saturated carbocycles. The van der Waals surface area contributed by atoms with E-state index in [0.29, 0.717) is 0 Å². The van der Waals surface area contributed by atoms with E-state index in [1.807, 2.05) is 18.2 Å². The molecule has 9 aromatic rings. The largest absolute Gasteiger partial charge is 0.458 e. The molecule has 12 rings (SSSR count). The van der Waals surface area contributed by atoms with Crippen LogP contribution in [0, 0.1) is 0 Å². The van der Waals surface area contributed by atoms with Gasteiger partial charge in [0.15, 0.2) is 0 Å². The van der Waals surface area contributed by atoms with Gasteiger partial charge in [-0.1, -0.05) is 117 Å². The molecule has 0 atom stereocenters. The summed E-state index contributed by atoms with van der Waals surface area (Å²) >= 11 is 0. The molecule has 264 valence electrons. The molecule has 4 heterocycles. The van der Waals surface area contributed by atoms with Crippen molar-refractivity contribution in [3.8, 4) is 39.8 Å². The van der Waals surface area contributed by atoms with E-state index in [-0.39, 0.29) is 12.1 Å². The van der Waals surface area contributed by atoms with E-state index in [2.05, 4.69) is 181 Å². The second-order valence-corrected chi connectivity index (χ2v) is 15.7. The number of para-hydroxylation sites is 4. The van der Waals surface area contributed by atoms with E-state index in [9.17, 15) is 0 Å². The summed E-state index contributed by atoms with van der Waals surface area (Å²) < 4.78 is 15.5. The number of rotatable bonds is 3. The minimum absolute atomic E-state index is 0.0474. The number of fused-ring (bicyclic) bond motifs is 9. The van der Waals surface area contributed by atoms with Crippen LogP contribution in [0.5, 0.6) is 23.0 Å². The van der Waals surface area contributed by atoms with E-state index in [0.717, 1.165) is 61.9 Å². The van der Waals surface area contributed by atoms with Gasteiger partial charge in [0.25, 0.3) is 6.71 Å². The Labute approximate surface area is 325 Å². The number of aromatic nitrogens is 1. The highest BCUT2D eigenvalue weighted by atomic mass is 16.5. The zero-order chi connectivity index (χ0) is 37.1. The summed E-state index contributed by atoms with van der Waals surface area (Å²) in [6.07, 6.45) is 0. The molecule has 0 amide bonds. The van der Waals surface area contributed by atoms with Gasteiger partial charge in [-0.05, 0) is 106 Å². The highest BCUT2D eigenvalue weighted by Crippen LogP contribution is 2.53. The fraction of sp³-hybridized carbons (Fsp3) is 0.0588. The zero-order valence-electron chi connectivity index (χ0n) is 31.0. The Morgan fingerprint density at radius 2 is 1.12 bits per heavy atom. The zero-order valence-corrected chi connectivity index (χ0v) is 31.0. The van der Waals surface area contributed by atoms with Gasteiger partial charge in [0.2, 0.25) is 0 Å². The summed E-state index contributed by atoms with van der Waals surface area (Å²) in [4.78, 5) is 2.44. The molecular weight excluding hydrogens is 683 g/mol. The number of ether oxygens (including phenoxy) is 2. The van der Waals surface area contributed by atoms with Gasteiger partial charge in [-0.25, -0.2) is 0 Å². The molecule has 0 radical (unpaired) electrons. The van der Waals surface area contributed by atoms with E-state index in [4.69, 9.17) is 9.47 Å². The number of hydrogen-bond acceptors (Lipinski definition) is 3. The van der Waals surface area contributed by atoms with Gasteiger partial charge in [0, 0.05) is 33.0 Å². The van der Waals surface area contributed by atoms with Gasteiger partial charge in [-0.3, -0.25) is 0 Å². The Balaban J connectivity index is 1.03.